The zero-order valence-electron chi connectivity index (χ0n) is 20.5. The number of fused-ring (bicyclic) bond motifs is 1. The number of methoxy groups -OCH3 is 1. The molecule has 2 saturated heterocycles. The number of pyridine rings is 1. The number of amides is 1. The third-order valence-corrected chi connectivity index (χ3v) is 8.00. The Morgan fingerprint density at radius 2 is 2.03 bits per heavy atom. The Bertz CT molecular complexity index is 1370. The molecule has 1 spiro atoms. The zero-order valence-corrected chi connectivity index (χ0v) is 21.3. The first-order valence-electron chi connectivity index (χ1n) is 12.4. The van der Waals surface area contributed by atoms with E-state index in [1.54, 1.807) is 37.5 Å². The minimum atomic E-state index is -0.660. The first-order valence-corrected chi connectivity index (χ1v) is 12.8. The number of rotatable bonds is 5. The summed E-state index contributed by atoms with van der Waals surface area (Å²) < 4.78 is 7.62. The lowest BCUT2D eigenvalue weighted by molar-refractivity contribution is -0.123. The molecule has 2 aliphatic heterocycles. The van der Waals surface area contributed by atoms with Gasteiger partial charge >= 0.3 is 0 Å². The van der Waals surface area contributed by atoms with E-state index in [4.69, 9.17) is 22.1 Å². The summed E-state index contributed by atoms with van der Waals surface area (Å²) >= 11 is 5.95. The molecule has 3 fully saturated rings. The lowest BCUT2D eigenvalue weighted by Crippen LogP contribution is -2.55. The van der Waals surface area contributed by atoms with E-state index in [2.05, 4.69) is 32.2 Å². The maximum atomic E-state index is 13.9. The number of thiocarbonyl (C=S) groups is 1. The second-order valence-electron chi connectivity index (χ2n) is 9.65. The lowest BCUT2D eigenvalue weighted by atomic mass is 9.75. The lowest BCUT2D eigenvalue weighted by Gasteiger charge is -2.43. The molecule has 0 radical (unpaired) electrons. The van der Waals surface area contributed by atoms with Gasteiger partial charge in [0.15, 0.2) is 5.11 Å². The Kier molecular flexibility index (Phi) is 5.72. The van der Waals surface area contributed by atoms with Crippen molar-refractivity contribution >= 4 is 51.7 Å². The molecule has 0 unspecified atom stereocenters. The van der Waals surface area contributed by atoms with Crippen LogP contribution in [0.25, 0.3) is 10.9 Å². The Morgan fingerprint density at radius 3 is 2.72 bits per heavy atom. The van der Waals surface area contributed by atoms with E-state index in [0.717, 1.165) is 61.8 Å². The van der Waals surface area contributed by atoms with Gasteiger partial charge in [0.25, 0.3) is 5.91 Å². The van der Waals surface area contributed by atoms with E-state index in [0.29, 0.717) is 28.3 Å². The number of ether oxygens (including phenoxy) is 1. The van der Waals surface area contributed by atoms with Gasteiger partial charge in [-0.05, 0) is 75.6 Å². The van der Waals surface area contributed by atoms with Crippen LogP contribution in [0.2, 0.25) is 0 Å². The monoisotopic (exact) mass is 503 g/mol. The van der Waals surface area contributed by atoms with Gasteiger partial charge in [0.2, 0.25) is 0 Å². The van der Waals surface area contributed by atoms with Crippen molar-refractivity contribution < 1.29 is 9.53 Å². The molecule has 0 atom stereocenters. The summed E-state index contributed by atoms with van der Waals surface area (Å²) in [5.41, 5.74) is 2.42. The van der Waals surface area contributed by atoms with Crippen molar-refractivity contribution in [3.8, 4) is 5.75 Å². The van der Waals surface area contributed by atoms with Crippen molar-refractivity contribution in [2.24, 2.45) is 4.99 Å². The van der Waals surface area contributed by atoms with Gasteiger partial charge in [-0.1, -0.05) is 0 Å². The molecule has 3 aliphatic rings. The second kappa shape index (κ2) is 8.94. The second-order valence-corrected chi connectivity index (χ2v) is 10.0. The molecule has 1 saturated carbocycles. The third kappa shape index (κ3) is 3.50. The molecule has 1 aromatic carbocycles. The predicted octanol–water partition coefficient (Wildman–Crippen LogP) is 3.47. The number of piperidine rings is 1. The van der Waals surface area contributed by atoms with Crippen molar-refractivity contribution in [2.45, 2.75) is 43.7 Å². The highest BCUT2D eigenvalue weighted by Gasteiger charge is 2.59. The van der Waals surface area contributed by atoms with Crippen molar-refractivity contribution in [3.63, 3.8) is 0 Å². The Labute approximate surface area is 215 Å². The van der Waals surface area contributed by atoms with Crippen LogP contribution in [0.5, 0.6) is 5.75 Å². The van der Waals surface area contributed by atoms with Gasteiger partial charge in [-0.3, -0.25) is 19.4 Å². The first-order chi connectivity index (χ1) is 17.6. The summed E-state index contributed by atoms with van der Waals surface area (Å²) in [6.07, 6.45) is 10.1. The summed E-state index contributed by atoms with van der Waals surface area (Å²) in [5, 5.41) is 9.77. The number of carbonyl (C=O) groups is 1. The van der Waals surface area contributed by atoms with Gasteiger partial charge in [-0.15, -0.1) is 0 Å². The molecule has 2 aromatic heterocycles. The molecule has 1 N–H and O–H groups in total. The Morgan fingerprint density at radius 1 is 1.22 bits per heavy atom. The van der Waals surface area contributed by atoms with Crippen LogP contribution in [0.4, 0.5) is 11.4 Å². The van der Waals surface area contributed by atoms with E-state index in [1.165, 1.54) is 0 Å². The normalized spacial score (nSPS) is 20.2. The number of anilines is 2. The van der Waals surface area contributed by atoms with Crippen LogP contribution in [-0.2, 0) is 4.79 Å². The SMILES string of the molecule is C/N=C\c1ncc(N2C(=O)C3(CCC3)N(c3ccc4nn(C5CCNCC5)cc4c3)C2=S)cc1OC. The summed E-state index contributed by atoms with van der Waals surface area (Å²) in [7, 11) is 3.26. The fourth-order valence-electron chi connectivity index (χ4n) is 5.59. The standard InChI is InChI=1S/C26H29N7O2S/c1-27-15-22-23(35-2)13-20(14-29-22)32-24(34)26(8-3-9-26)33(25(32)36)19-4-5-21-17(12-19)16-31(30-21)18-6-10-28-11-7-18/h4-5,12-16,18,28H,3,6-11H2,1-2H3/b27-15-. The average Bonchev–Trinajstić information content (AvgIpc) is 3.40. The van der Waals surface area contributed by atoms with E-state index in [9.17, 15) is 4.79 Å². The number of hydrogen-bond acceptors (Lipinski definition) is 7. The van der Waals surface area contributed by atoms with E-state index in [-0.39, 0.29) is 5.91 Å². The van der Waals surface area contributed by atoms with Crippen LogP contribution < -0.4 is 19.9 Å². The topological polar surface area (TPSA) is 87.9 Å². The van der Waals surface area contributed by atoms with Crippen molar-refractivity contribution in [3.05, 3.63) is 42.4 Å². The molecular formula is C26H29N7O2S. The fourth-order valence-corrected chi connectivity index (χ4v) is 6.06. The number of nitrogens with zero attached hydrogens (tertiary/aromatic N) is 6. The van der Waals surface area contributed by atoms with Gasteiger partial charge in [0.1, 0.15) is 17.0 Å². The minimum Gasteiger partial charge on any atom is -0.494 e. The number of hydrogen-bond donors (Lipinski definition) is 1. The van der Waals surface area contributed by atoms with Crippen LogP contribution in [-0.4, -0.2) is 64.8 Å². The van der Waals surface area contributed by atoms with Gasteiger partial charge in [-0.2, -0.15) is 5.10 Å². The molecule has 3 aromatic rings. The highest BCUT2D eigenvalue weighted by atomic mass is 32.1. The Balaban J connectivity index is 1.37. The fraction of sp³-hybridized carbons (Fsp3) is 0.423. The zero-order chi connectivity index (χ0) is 24.9. The van der Waals surface area contributed by atoms with Crippen molar-refractivity contribution in [1.29, 1.82) is 0 Å². The molecule has 0 bridgehead atoms. The molecule has 9 nitrogen and oxygen atoms in total. The number of carbonyl (C=O) groups excluding carboxylic acids is 1. The van der Waals surface area contributed by atoms with Crippen LogP contribution in [0.3, 0.4) is 0 Å². The van der Waals surface area contributed by atoms with E-state index >= 15 is 0 Å². The molecule has 1 aliphatic carbocycles. The molecular weight excluding hydrogens is 474 g/mol. The molecule has 6 rings (SSSR count). The highest BCUT2D eigenvalue weighted by Crippen LogP contribution is 2.48. The van der Waals surface area contributed by atoms with Crippen LogP contribution >= 0.6 is 12.2 Å². The van der Waals surface area contributed by atoms with Gasteiger partial charge < -0.3 is 15.0 Å². The molecule has 36 heavy (non-hydrogen) atoms. The van der Waals surface area contributed by atoms with Crippen molar-refractivity contribution in [2.75, 3.05) is 37.0 Å². The predicted molar refractivity (Wildman–Crippen MR) is 144 cm³/mol. The Hall–Kier alpha value is -3.37. The van der Waals surface area contributed by atoms with Crippen molar-refractivity contribution in [1.82, 2.24) is 20.1 Å². The number of aliphatic imine (C=N–C) groups is 1. The van der Waals surface area contributed by atoms with Crippen LogP contribution in [0, 0.1) is 0 Å². The molecule has 186 valence electrons. The quantitative estimate of drug-likeness (QED) is 0.421. The summed E-state index contributed by atoms with van der Waals surface area (Å²) in [4.78, 5) is 26.0. The largest absolute Gasteiger partial charge is 0.494 e. The average molecular weight is 504 g/mol. The van der Waals surface area contributed by atoms with E-state index < -0.39 is 5.54 Å². The number of benzene rings is 1. The summed E-state index contributed by atoms with van der Waals surface area (Å²) in [6, 6.07) is 8.39. The maximum Gasteiger partial charge on any atom is 0.259 e. The third-order valence-electron chi connectivity index (χ3n) is 7.64. The van der Waals surface area contributed by atoms with Gasteiger partial charge in [-0.25, -0.2) is 4.98 Å². The van der Waals surface area contributed by atoms with Gasteiger partial charge in [0, 0.05) is 30.4 Å². The summed E-state index contributed by atoms with van der Waals surface area (Å²) in [6.45, 7) is 2.03. The smallest absolute Gasteiger partial charge is 0.259 e. The van der Waals surface area contributed by atoms with Gasteiger partial charge in [0.05, 0.1) is 36.8 Å². The maximum absolute atomic E-state index is 13.9. The van der Waals surface area contributed by atoms with Crippen LogP contribution in [0.1, 0.15) is 43.8 Å². The molecule has 4 heterocycles. The summed E-state index contributed by atoms with van der Waals surface area (Å²) in [5.74, 6) is 0.534. The minimum absolute atomic E-state index is 0.00925. The molecule has 10 heteroatoms. The number of nitrogens with one attached hydrogen (secondary N) is 1. The first kappa shape index (κ1) is 23.1. The molecule has 1 amide bonds. The number of aromatic nitrogens is 3. The van der Waals surface area contributed by atoms with Crippen LogP contribution in [0.15, 0.2) is 41.7 Å². The van der Waals surface area contributed by atoms with E-state index in [1.807, 2.05) is 17.0 Å². The highest BCUT2D eigenvalue weighted by molar-refractivity contribution is 7.81.